The fraction of sp³-hybridized carbons (Fsp3) is 0.300. The van der Waals surface area contributed by atoms with Gasteiger partial charge in [0, 0.05) is 0 Å². The van der Waals surface area contributed by atoms with E-state index >= 15 is 0 Å². The van der Waals surface area contributed by atoms with E-state index in [4.69, 9.17) is 4.74 Å². The molecule has 1 N–H and O–H groups in total. The minimum absolute atomic E-state index is 0.177. The SMILES string of the molecule is CCOc1ccc([C@H]2C[C@H](c3ccc(C)cc3)n3ncnc3N2)cc1. The van der Waals surface area contributed by atoms with E-state index in [0.717, 1.165) is 18.1 Å². The van der Waals surface area contributed by atoms with Gasteiger partial charge in [-0.2, -0.15) is 10.1 Å². The Labute approximate surface area is 147 Å². The van der Waals surface area contributed by atoms with Crippen LogP contribution in [-0.2, 0) is 0 Å². The molecule has 3 aromatic rings. The number of aryl methyl sites for hydroxylation is 1. The number of anilines is 1. The van der Waals surface area contributed by atoms with Crippen LogP contribution in [0.25, 0.3) is 0 Å². The number of nitrogens with zero attached hydrogens (tertiary/aromatic N) is 3. The van der Waals surface area contributed by atoms with E-state index in [0.29, 0.717) is 6.61 Å². The lowest BCUT2D eigenvalue weighted by Gasteiger charge is -2.32. The second-order valence-corrected chi connectivity index (χ2v) is 6.39. The van der Waals surface area contributed by atoms with Crippen LogP contribution in [0.15, 0.2) is 54.9 Å². The maximum Gasteiger partial charge on any atom is 0.222 e. The van der Waals surface area contributed by atoms with Gasteiger partial charge in [0.15, 0.2) is 0 Å². The number of hydrogen-bond donors (Lipinski definition) is 1. The molecule has 1 aromatic heterocycles. The van der Waals surface area contributed by atoms with Gasteiger partial charge in [0.25, 0.3) is 0 Å². The molecule has 1 aliphatic heterocycles. The largest absolute Gasteiger partial charge is 0.494 e. The van der Waals surface area contributed by atoms with Gasteiger partial charge in [-0.25, -0.2) is 4.68 Å². The highest BCUT2D eigenvalue weighted by Crippen LogP contribution is 2.37. The standard InChI is InChI=1S/C20H22N4O/c1-3-25-17-10-8-15(9-11-17)18-12-19(16-6-4-14(2)5-7-16)24-20(23-18)21-13-22-24/h4-11,13,18-19H,3,12H2,1-2H3,(H,21,22,23)/t18-,19-/m1/s1. The smallest absolute Gasteiger partial charge is 0.222 e. The van der Waals surface area contributed by atoms with Crippen LogP contribution >= 0.6 is 0 Å². The van der Waals surface area contributed by atoms with Crippen molar-refractivity contribution in [1.82, 2.24) is 14.8 Å². The first-order valence-electron chi connectivity index (χ1n) is 8.70. The molecule has 5 heteroatoms. The molecule has 0 bridgehead atoms. The fourth-order valence-electron chi connectivity index (χ4n) is 3.37. The first-order valence-corrected chi connectivity index (χ1v) is 8.70. The Morgan fingerprint density at radius 3 is 2.52 bits per heavy atom. The minimum atomic E-state index is 0.177. The monoisotopic (exact) mass is 334 g/mol. The second kappa shape index (κ2) is 6.59. The Hall–Kier alpha value is -2.82. The van der Waals surface area contributed by atoms with Crippen molar-refractivity contribution in [3.05, 3.63) is 71.5 Å². The average Bonchev–Trinajstić information content (AvgIpc) is 3.11. The summed E-state index contributed by atoms with van der Waals surface area (Å²) in [6, 6.07) is 17.4. The lowest BCUT2D eigenvalue weighted by Crippen LogP contribution is -2.28. The Kier molecular flexibility index (Phi) is 4.14. The average molecular weight is 334 g/mol. The van der Waals surface area contributed by atoms with Crippen LogP contribution in [0.2, 0.25) is 0 Å². The van der Waals surface area contributed by atoms with Crippen LogP contribution < -0.4 is 10.1 Å². The van der Waals surface area contributed by atoms with Crippen molar-refractivity contribution < 1.29 is 4.74 Å². The van der Waals surface area contributed by atoms with Crippen LogP contribution in [0.1, 0.15) is 42.1 Å². The Morgan fingerprint density at radius 2 is 1.80 bits per heavy atom. The van der Waals surface area contributed by atoms with Gasteiger partial charge in [-0.1, -0.05) is 42.0 Å². The second-order valence-electron chi connectivity index (χ2n) is 6.39. The molecule has 25 heavy (non-hydrogen) atoms. The van der Waals surface area contributed by atoms with E-state index < -0.39 is 0 Å². The molecule has 0 aliphatic carbocycles. The minimum Gasteiger partial charge on any atom is -0.494 e. The zero-order valence-electron chi connectivity index (χ0n) is 14.5. The number of rotatable bonds is 4. The van der Waals surface area contributed by atoms with Crippen molar-refractivity contribution in [2.75, 3.05) is 11.9 Å². The lowest BCUT2D eigenvalue weighted by atomic mass is 9.93. The molecular formula is C20H22N4O. The summed E-state index contributed by atoms with van der Waals surface area (Å²) in [5, 5.41) is 7.93. The van der Waals surface area contributed by atoms with Gasteiger partial charge >= 0.3 is 0 Å². The molecule has 0 fully saturated rings. The molecule has 1 aliphatic rings. The van der Waals surface area contributed by atoms with Crippen LogP contribution in [0.5, 0.6) is 5.75 Å². The highest BCUT2D eigenvalue weighted by atomic mass is 16.5. The highest BCUT2D eigenvalue weighted by Gasteiger charge is 2.29. The number of fused-ring (bicyclic) bond motifs is 1. The predicted octanol–water partition coefficient (Wildman–Crippen LogP) is 4.13. The van der Waals surface area contributed by atoms with Crippen molar-refractivity contribution in [2.24, 2.45) is 0 Å². The van der Waals surface area contributed by atoms with Gasteiger partial charge in [0.1, 0.15) is 12.1 Å². The normalized spacial score (nSPS) is 19.1. The van der Waals surface area contributed by atoms with Crippen molar-refractivity contribution in [1.29, 1.82) is 0 Å². The van der Waals surface area contributed by atoms with Crippen LogP contribution in [0.3, 0.4) is 0 Å². The van der Waals surface area contributed by atoms with E-state index in [1.165, 1.54) is 16.7 Å². The van der Waals surface area contributed by atoms with Crippen LogP contribution in [0.4, 0.5) is 5.95 Å². The molecule has 2 aromatic carbocycles. The molecule has 2 atom stereocenters. The van der Waals surface area contributed by atoms with Gasteiger partial charge in [-0.3, -0.25) is 0 Å². The fourth-order valence-corrected chi connectivity index (χ4v) is 3.37. The summed E-state index contributed by atoms with van der Waals surface area (Å²) < 4.78 is 7.53. The van der Waals surface area contributed by atoms with E-state index in [1.807, 2.05) is 23.7 Å². The van der Waals surface area contributed by atoms with Crippen LogP contribution in [0, 0.1) is 6.92 Å². The summed E-state index contributed by atoms with van der Waals surface area (Å²) in [5.41, 5.74) is 3.75. The summed E-state index contributed by atoms with van der Waals surface area (Å²) in [4.78, 5) is 4.39. The number of ether oxygens (including phenoxy) is 1. The molecule has 0 radical (unpaired) electrons. The van der Waals surface area contributed by atoms with E-state index in [-0.39, 0.29) is 12.1 Å². The molecule has 0 amide bonds. The molecule has 0 saturated carbocycles. The number of nitrogens with one attached hydrogen (secondary N) is 1. The Balaban J connectivity index is 1.64. The zero-order valence-corrected chi connectivity index (χ0v) is 14.5. The number of benzene rings is 2. The zero-order chi connectivity index (χ0) is 17.2. The van der Waals surface area contributed by atoms with Gasteiger partial charge in [-0.05, 0) is 43.5 Å². The topological polar surface area (TPSA) is 52.0 Å². The van der Waals surface area contributed by atoms with Crippen molar-refractivity contribution >= 4 is 5.95 Å². The quantitative estimate of drug-likeness (QED) is 0.779. The van der Waals surface area contributed by atoms with Gasteiger partial charge in [-0.15, -0.1) is 0 Å². The van der Waals surface area contributed by atoms with E-state index in [2.05, 4.69) is 58.7 Å². The Morgan fingerprint density at radius 1 is 1.08 bits per heavy atom. The summed E-state index contributed by atoms with van der Waals surface area (Å²) >= 11 is 0. The summed E-state index contributed by atoms with van der Waals surface area (Å²) in [6.07, 6.45) is 2.54. The summed E-state index contributed by atoms with van der Waals surface area (Å²) in [6.45, 7) is 4.78. The molecular weight excluding hydrogens is 312 g/mol. The summed E-state index contributed by atoms with van der Waals surface area (Å²) in [5.74, 6) is 1.72. The van der Waals surface area contributed by atoms with Crippen molar-refractivity contribution in [3.63, 3.8) is 0 Å². The molecule has 0 unspecified atom stereocenters. The van der Waals surface area contributed by atoms with Crippen LogP contribution in [-0.4, -0.2) is 21.4 Å². The number of aromatic nitrogens is 3. The van der Waals surface area contributed by atoms with Gasteiger partial charge in [0.2, 0.25) is 5.95 Å². The molecule has 2 heterocycles. The lowest BCUT2D eigenvalue weighted by molar-refractivity contribution is 0.340. The molecule has 5 nitrogen and oxygen atoms in total. The molecule has 0 spiro atoms. The third-order valence-electron chi connectivity index (χ3n) is 4.69. The van der Waals surface area contributed by atoms with Crippen molar-refractivity contribution in [2.45, 2.75) is 32.4 Å². The highest BCUT2D eigenvalue weighted by molar-refractivity contribution is 5.40. The van der Waals surface area contributed by atoms with E-state index in [9.17, 15) is 0 Å². The molecule has 0 saturated heterocycles. The first kappa shape index (κ1) is 15.7. The molecule has 4 rings (SSSR count). The number of hydrogen-bond acceptors (Lipinski definition) is 4. The predicted molar refractivity (Wildman–Crippen MR) is 97.9 cm³/mol. The Bertz CT molecular complexity index is 839. The summed E-state index contributed by atoms with van der Waals surface area (Å²) in [7, 11) is 0. The third kappa shape index (κ3) is 3.09. The van der Waals surface area contributed by atoms with Gasteiger partial charge < -0.3 is 10.1 Å². The van der Waals surface area contributed by atoms with Crippen molar-refractivity contribution in [3.8, 4) is 5.75 Å². The van der Waals surface area contributed by atoms with E-state index in [1.54, 1.807) is 6.33 Å². The maximum atomic E-state index is 5.55. The third-order valence-corrected chi connectivity index (χ3v) is 4.69. The maximum absolute atomic E-state index is 5.55. The van der Waals surface area contributed by atoms with Gasteiger partial charge in [0.05, 0.1) is 18.7 Å². The molecule has 128 valence electrons. The first-order chi connectivity index (χ1) is 12.2.